The molecule has 0 aromatic rings. The second-order valence-electron chi connectivity index (χ2n) is 12.1. The van der Waals surface area contributed by atoms with Gasteiger partial charge in [0.1, 0.15) is 5.54 Å². The first-order valence-corrected chi connectivity index (χ1v) is 14.1. The Hall–Kier alpha value is -1.14. The molecule has 5 aliphatic rings. The molecule has 6 nitrogen and oxygen atoms in total. The molecule has 0 spiro atoms. The van der Waals surface area contributed by atoms with E-state index in [0.717, 1.165) is 0 Å². The van der Waals surface area contributed by atoms with Gasteiger partial charge < -0.3 is 0 Å². The zero-order valence-electron chi connectivity index (χ0n) is 21.1. The van der Waals surface area contributed by atoms with E-state index in [1.807, 2.05) is 18.7 Å². The third-order valence-corrected chi connectivity index (χ3v) is 9.69. The summed E-state index contributed by atoms with van der Waals surface area (Å²) in [5.41, 5.74) is -0.760. The van der Waals surface area contributed by atoms with Crippen molar-refractivity contribution in [3.63, 3.8) is 0 Å². The molecule has 0 unspecified atom stereocenters. The van der Waals surface area contributed by atoms with Gasteiger partial charge in [-0.2, -0.15) is 0 Å². The fraction of sp³-hybridized carbons (Fsp3) is 0.926. The van der Waals surface area contributed by atoms with Crippen LogP contribution in [0.2, 0.25) is 0 Å². The highest BCUT2D eigenvalue weighted by Gasteiger charge is 2.53. The number of carbonyl (C=O) groups is 2. The molecule has 3 amide bonds. The molecule has 5 fully saturated rings. The van der Waals surface area contributed by atoms with E-state index >= 15 is 0 Å². The van der Waals surface area contributed by atoms with Gasteiger partial charge in [-0.3, -0.25) is 19.5 Å². The van der Waals surface area contributed by atoms with Gasteiger partial charge >= 0.3 is 6.03 Å². The average Bonchev–Trinajstić information content (AvgIpc) is 3.62. The molecule has 0 bridgehead atoms. The monoisotopic (exact) mass is 458 g/mol. The molecule has 1 saturated heterocycles. The second-order valence-corrected chi connectivity index (χ2v) is 12.1. The minimum absolute atomic E-state index is 0.00582. The Kier molecular flexibility index (Phi) is 7.04. The highest BCUT2D eigenvalue weighted by atomic mass is 16.2. The number of hydrogen-bond donors (Lipinski definition) is 0. The molecule has 0 radical (unpaired) electrons. The van der Waals surface area contributed by atoms with Crippen LogP contribution in [0.25, 0.3) is 0 Å². The lowest BCUT2D eigenvalue weighted by Crippen LogP contribution is -2.54. The van der Waals surface area contributed by atoms with Crippen LogP contribution in [0.15, 0.2) is 0 Å². The van der Waals surface area contributed by atoms with Gasteiger partial charge in [-0.1, -0.05) is 51.4 Å². The quantitative estimate of drug-likeness (QED) is 0.462. The number of imide groups is 1. The molecule has 1 aliphatic heterocycles. The molecule has 4 saturated carbocycles. The van der Waals surface area contributed by atoms with Crippen molar-refractivity contribution >= 4 is 11.9 Å². The molecule has 33 heavy (non-hydrogen) atoms. The Morgan fingerprint density at radius 1 is 0.636 bits per heavy atom. The fourth-order valence-electron chi connectivity index (χ4n) is 7.61. The molecule has 0 aromatic heterocycles. The molecule has 0 aromatic carbocycles. The van der Waals surface area contributed by atoms with Gasteiger partial charge in [-0.05, 0) is 65.2 Å². The maximum Gasteiger partial charge on any atom is 0.329 e. The van der Waals surface area contributed by atoms with Crippen LogP contribution in [-0.2, 0) is 4.79 Å². The van der Waals surface area contributed by atoms with E-state index in [1.54, 1.807) is 4.90 Å². The Morgan fingerprint density at radius 3 is 1.33 bits per heavy atom. The number of nitrogens with zero attached hydrogens (tertiary/aromatic N) is 4. The van der Waals surface area contributed by atoms with Crippen molar-refractivity contribution in [1.82, 2.24) is 19.6 Å². The first-order valence-electron chi connectivity index (χ1n) is 14.1. The lowest BCUT2D eigenvalue weighted by Gasteiger charge is -2.40. The SMILES string of the molecule is CC1(C)C(=O)N(CN(C2CCCC2)C2CCCC2)C(=O)N1CN(C1CCCC1)C1CCCC1. The number of hydrogen-bond acceptors (Lipinski definition) is 4. The van der Waals surface area contributed by atoms with Crippen LogP contribution in [0.5, 0.6) is 0 Å². The van der Waals surface area contributed by atoms with Crippen molar-refractivity contribution in [1.29, 1.82) is 0 Å². The van der Waals surface area contributed by atoms with E-state index in [2.05, 4.69) is 9.80 Å². The van der Waals surface area contributed by atoms with E-state index in [1.165, 1.54) is 103 Å². The molecule has 0 atom stereocenters. The van der Waals surface area contributed by atoms with Gasteiger partial charge in [0.05, 0.1) is 13.3 Å². The highest BCUT2D eigenvalue weighted by molar-refractivity contribution is 6.06. The van der Waals surface area contributed by atoms with Crippen molar-refractivity contribution in [3.05, 3.63) is 0 Å². The van der Waals surface area contributed by atoms with E-state index in [0.29, 0.717) is 37.5 Å². The standard InChI is InChI=1S/C27H46N4O2/c1-27(2)25(32)30(19-28(21-11-3-4-12-21)22-13-5-6-14-22)26(33)31(27)20-29(23-15-7-8-16-23)24-17-9-10-18-24/h21-24H,3-20H2,1-2H3. The van der Waals surface area contributed by atoms with Gasteiger partial charge in [0.15, 0.2) is 0 Å². The Labute approximate surface area is 201 Å². The first kappa shape index (κ1) is 23.6. The minimum atomic E-state index is -0.760. The topological polar surface area (TPSA) is 47.1 Å². The highest BCUT2D eigenvalue weighted by Crippen LogP contribution is 2.37. The first-order chi connectivity index (χ1) is 16.0. The summed E-state index contributed by atoms with van der Waals surface area (Å²) in [6, 6.07) is 2.19. The van der Waals surface area contributed by atoms with Crippen LogP contribution in [0.4, 0.5) is 4.79 Å². The van der Waals surface area contributed by atoms with E-state index in [-0.39, 0.29) is 11.9 Å². The maximum atomic E-state index is 13.8. The van der Waals surface area contributed by atoms with E-state index < -0.39 is 5.54 Å². The van der Waals surface area contributed by atoms with E-state index in [9.17, 15) is 9.59 Å². The molecule has 0 N–H and O–H groups in total. The molecular formula is C27H46N4O2. The van der Waals surface area contributed by atoms with Crippen LogP contribution in [-0.4, -0.2) is 74.6 Å². The summed E-state index contributed by atoms with van der Waals surface area (Å²) in [6.07, 6.45) is 20.2. The number of amides is 3. The Balaban J connectivity index is 1.34. The summed E-state index contributed by atoms with van der Waals surface area (Å²) in [7, 11) is 0. The zero-order chi connectivity index (χ0) is 23.0. The number of carbonyl (C=O) groups excluding carboxylic acids is 2. The smallest absolute Gasteiger partial charge is 0.297 e. The van der Waals surface area contributed by atoms with Crippen LogP contribution < -0.4 is 0 Å². The lowest BCUT2D eigenvalue weighted by molar-refractivity contribution is -0.134. The summed E-state index contributed by atoms with van der Waals surface area (Å²) in [5, 5.41) is 0. The summed E-state index contributed by atoms with van der Waals surface area (Å²) >= 11 is 0. The molecular weight excluding hydrogens is 412 g/mol. The van der Waals surface area contributed by atoms with Crippen LogP contribution in [0.3, 0.4) is 0 Å². The zero-order valence-corrected chi connectivity index (χ0v) is 21.1. The Bertz CT molecular complexity index is 669. The van der Waals surface area contributed by atoms with Gasteiger partial charge in [0.25, 0.3) is 5.91 Å². The third-order valence-electron chi connectivity index (χ3n) is 9.69. The van der Waals surface area contributed by atoms with Crippen molar-refractivity contribution in [2.45, 2.75) is 146 Å². The third kappa shape index (κ3) is 4.59. The van der Waals surface area contributed by atoms with Gasteiger partial charge in [0, 0.05) is 24.2 Å². The molecule has 6 heteroatoms. The van der Waals surface area contributed by atoms with Gasteiger partial charge in [-0.25, -0.2) is 9.69 Å². The second kappa shape index (κ2) is 9.85. The minimum Gasteiger partial charge on any atom is -0.297 e. The predicted octanol–water partition coefficient (Wildman–Crippen LogP) is 5.32. The summed E-state index contributed by atoms with van der Waals surface area (Å²) in [4.78, 5) is 36.2. The van der Waals surface area contributed by atoms with Crippen molar-refractivity contribution < 1.29 is 9.59 Å². The Morgan fingerprint density at radius 2 is 0.970 bits per heavy atom. The summed E-state index contributed by atoms with van der Waals surface area (Å²) < 4.78 is 0. The van der Waals surface area contributed by atoms with Crippen LogP contribution >= 0.6 is 0 Å². The van der Waals surface area contributed by atoms with Gasteiger partial charge in [0.2, 0.25) is 0 Å². The maximum absolute atomic E-state index is 13.8. The van der Waals surface area contributed by atoms with Crippen LogP contribution in [0, 0.1) is 0 Å². The predicted molar refractivity (Wildman–Crippen MR) is 131 cm³/mol. The summed E-state index contributed by atoms with van der Waals surface area (Å²) in [6.45, 7) is 5.07. The van der Waals surface area contributed by atoms with Crippen LogP contribution in [0.1, 0.15) is 117 Å². The molecule has 5 rings (SSSR count). The van der Waals surface area contributed by atoms with Crippen molar-refractivity contribution in [3.8, 4) is 0 Å². The largest absolute Gasteiger partial charge is 0.329 e. The van der Waals surface area contributed by atoms with Crippen molar-refractivity contribution in [2.75, 3.05) is 13.3 Å². The average molecular weight is 459 g/mol. The van der Waals surface area contributed by atoms with E-state index in [4.69, 9.17) is 0 Å². The normalized spacial score (nSPS) is 28.1. The van der Waals surface area contributed by atoms with Crippen molar-refractivity contribution in [2.24, 2.45) is 0 Å². The summed E-state index contributed by atoms with van der Waals surface area (Å²) in [5.74, 6) is 0.00582. The molecule has 186 valence electrons. The molecule has 4 aliphatic carbocycles. The fourth-order valence-corrected chi connectivity index (χ4v) is 7.61. The number of rotatable bonds is 8. The lowest BCUT2D eigenvalue weighted by atomic mass is 10.0. The molecule has 1 heterocycles. The number of urea groups is 1. The van der Waals surface area contributed by atoms with Gasteiger partial charge in [-0.15, -0.1) is 0 Å².